The third kappa shape index (κ3) is 2.70. The molecule has 6 nitrogen and oxygen atoms in total. The van der Waals surface area contributed by atoms with Crippen molar-refractivity contribution < 1.29 is 4.79 Å². The Hall–Kier alpha value is -1.82. The molecule has 6 heteroatoms. The molecule has 2 aliphatic heterocycles. The van der Waals surface area contributed by atoms with Crippen LogP contribution in [0.3, 0.4) is 0 Å². The van der Waals surface area contributed by atoms with Crippen molar-refractivity contribution in [3.8, 4) is 0 Å². The molecule has 98 valence electrons. The lowest BCUT2D eigenvalue weighted by Gasteiger charge is -2.32. The number of rotatable bonds is 3. The van der Waals surface area contributed by atoms with E-state index >= 15 is 0 Å². The zero-order chi connectivity index (χ0) is 13.1. The van der Waals surface area contributed by atoms with Crippen LogP contribution in [0.1, 0.15) is 12.8 Å². The minimum Gasteiger partial charge on any atom is -0.394 e. The number of nitrogens with one attached hydrogen (secondary N) is 1. The molecule has 2 saturated heterocycles. The number of fused-ring (bicyclic) bond motifs is 2. The van der Waals surface area contributed by atoms with E-state index in [4.69, 9.17) is 11.5 Å². The van der Waals surface area contributed by atoms with Crippen molar-refractivity contribution in [1.82, 2.24) is 10.2 Å². The number of hydrogen-bond acceptors (Lipinski definition) is 5. The Morgan fingerprint density at radius 2 is 1.89 bits per heavy atom. The van der Waals surface area contributed by atoms with Gasteiger partial charge in [-0.2, -0.15) is 0 Å². The maximum atomic E-state index is 12.1. The molecule has 18 heavy (non-hydrogen) atoms. The zero-order valence-electron chi connectivity index (χ0n) is 10.3. The SMILES string of the molecule is C=N/C(N)=C\C=C(/N)C(=O)N1CC2CCC(C1)N2. The third-order valence-electron chi connectivity index (χ3n) is 3.37. The third-order valence-corrected chi connectivity index (χ3v) is 3.37. The molecule has 0 aliphatic carbocycles. The smallest absolute Gasteiger partial charge is 0.269 e. The van der Waals surface area contributed by atoms with Crippen molar-refractivity contribution in [1.29, 1.82) is 0 Å². The molecule has 2 aliphatic rings. The average molecular weight is 249 g/mol. The molecule has 0 aromatic rings. The molecular formula is C12H19N5O. The van der Waals surface area contributed by atoms with E-state index in [2.05, 4.69) is 17.0 Å². The molecule has 0 aromatic heterocycles. The Labute approximate surface area is 106 Å². The fourth-order valence-electron chi connectivity index (χ4n) is 2.44. The van der Waals surface area contributed by atoms with Crippen LogP contribution in [0.15, 0.2) is 28.7 Å². The Morgan fingerprint density at radius 1 is 1.28 bits per heavy atom. The normalized spacial score (nSPS) is 28.3. The number of amides is 1. The van der Waals surface area contributed by atoms with Gasteiger partial charge >= 0.3 is 0 Å². The maximum Gasteiger partial charge on any atom is 0.269 e. The number of hydrogen-bond donors (Lipinski definition) is 3. The van der Waals surface area contributed by atoms with E-state index in [9.17, 15) is 4.79 Å². The standard InChI is InChI=1S/C12H19N5O/c1-15-11(14)5-4-10(13)12(18)17-6-8-2-3-9(7-17)16-8/h4-5,8-9,16H,1-3,6-7,13-14H2/b10-4-,11-5-. The Bertz CT molecular complexity index is 403. The van der Waals surface area contributed by atoms with Crippen LogP contribution >= 0.6 is 0 Å². The van der Waals surface area contributed by atoms with E-state index in [-0.39, 0.29) is 17.4 Å². The van der Waals surface area contributed by atoms with Crippen molar-refractivity contribution in [3.63, 3.8) is 0 Å². The van der Waals surface area contributed by atoms with Gasteiger partial charge in [-0.15, -0.1) is 0 Å². The van der Waals surface area contributed by atoms with Crippen molar-refractivity contribution in [2.45, 2.75) is 24.9 Å². The van der Waals surface area contributed by atoms with Crippen molar-refractivity contribution in [3.05, 3.63) is 23.7 Å². The van der Waals surface area contributed by atoms with E-state index in [1.807, 2.05) is 0 Å². The first-order valence-electron chi connectivity index (χ1n) is 6.05. The topological polar surface area (TPSA) is 96.7 Å². The Kier molecular flexibility index (Phi) is 3.66. The van der Waals surface area contributed by atoms with Gasteiger partial charge in [0.15, 0.2) is 0 Å². The van der Waals surface area contributed by atoms with Crippen LogP contribution in [-0.4, -0.2) is 42.7 Å². The first-order valence-corrected chi connectivity index (χ1v) is 6.05. The monoisotopic (exact) mass is 249 g/mol. The van der Waals surface area contributed by atoms with E-state index in [1.54, 1.807) is 4.90 Å². The summed E-state index contributed by atoms with van der Waals surface area (Å²) in [7, 11) is 0. The molecule has 0 saturated carbocycles. The summed E-state index contributed by atoms with van der Waals surface area (Å²) in [6.07, 6.45) is 5.23. The van der Waals surface area contributed by atoms with Gasteiger partial charge in [-0.05, 0) is 31.7 Å². The van der Waals surface area contributed by atoms with Crippen LogP contribution in [0.4, 0.5) is 0 Å². The minimum atomic E-state index is -0.137. The molecule has 0 aromatic carbocycles. The summed E-state index contributed by atoms with van der Waals surface area (Å²) < 4.78 is 0. The summed E-state index contributed by atoms with van der Waals surface area (Å²) in [6, 6.07) is 0.826. The van der Waals surface area contributed by atoms with Crippen LogP contribution < -0.4 is 16.8 Å². The molecule has 5 N–H and O–H groups in total. The van der Waals surface area contributed by atoms with Crippen LogP contribution in [0.2, 0.25) is 0 Å². The lowest BCUT2D eigenvalue weighted by atomic mass is 10.2. The number of carbonyl (C=O) groups is 1. The lowest BCUT2D eigenvalue weighted by molar-refractivity contribution is -0.128. The highest BCUT2D eigenvalue weighted by Crippen LogP contribution is 2.20. The van der Waals surface area contributed by atoms with Crippen LogP contribution in [-0.2, 0) is 4.79 Å². The summed E-state index contributed by atoms with van der Waals surface area (Å²) in [4.78, 5) is 17.4. The average Bonchev–Trinajstić information content (AvgIpc) is 2.73. The minimum absolute atomic E-state index is 0.137. The second kappa shape index (κ2) is 5.22. The predicted molar refractivity (Wildman–Crippen MR) is 70.6 cm³/mol. The first kappa shape index (κ1) is 12.6. The van der Waals surface area contributed by atoms with E-state index < -0.39 is 0 Å². The highest BCUT2D eigenvalue weighted by molar-refractivity contribution is 5.93. The molecule has 0 spiro atoms. The van der Waals surface area contributed by atoms with Crippen molar-refractivity contribution in [2.75, 3.05) is 13.1 Å². The van der Waals surface area contributed by atoms with Gasteiger partial charge in [0.1, 0.15) is 5.82 Å². The lowest BCUT2D eigenvalue weighted by Crippen LogP contribution is -2.53. The van der Waals surface area contributed by atoms with Crippen LogP contribution in [0.5, 0.6) is 0 Å². The molecule has 2 atom stereocenters. The van der Waals surface area contributed by atoms with E-state index in [0.717, 1.165) is 25.9 Å². The van der Waals surface area contributed by atoms with Gasteiger partial charge in [0, 0.05) is 25.2 Å². The molecule has 2 heterocycles. The zero-order valence-corrected chi connectivity index (χ0v) is 10.3. The van der Waals surface area contributed by atoms with Crippen molar-refractivity contribution in [2.24, 2.45) is 16.5 Å². The number of allylic oxidation sites excluding steroid dienone is 2. The van der Waals surface area contributed by atoms with Gasteiger partial charge in [-0.3, -0.25) is 4.79 Å². The quantitative estimate of drug-likeness (QED) is 0.350. The molecule has 0 radical (unpaired) electrons. The fourth-order valence-corrected chi connectivity index (χ4v) is 2.44. The van der Waals surface area contributed by atoms with Gasteiger partial charge in [-0.1, -0.05) is 0 Å². The molecule has 2 fully saturated rings. The van der Waals surface area contributed by atoms with E-state index in [0.29, 0.717) is 12.1 Å². The summed E-state index contributed by atoms with van der Waals surface area (Å²) in [5, 5.41) is 3.46. The van der Waals surface area contributed by atoms with Gasteiger partial charge in [-0.25, -0.2) is 4.99 Å². The maximum absolute atomic E-state index is 12.1. The van der Waals surface area contributed by atoms with E-state index in [1.165, 1.54) is 12.2 Å². The molecule has 2 rings (SSSR count). The number of nitrogens with zero attached hydrogens (tertiary/aromatic N) is 2. The Balaban J connectivity index is 2.00. The largest absolute Gasteiger partial charge is 0.394 e. The number of nitrogens with two attached hydrogens (primary N) is 2. The van der Waals surface area contributed by atoms with Crippen LogP contribution in [0.25, 0.3) is 0 Å². The summed E-state index contributed by atoms with van der Waals surface area (Å²) in [5.74, 6) is 0.104. The number of likely N-dealkylation sites (tertiary alicyclic amines) is 1. The number of aliphatic imine (C=N–C) groups is 1. The molecule has 1 amide bonds. The Morgan fingerprint density at radius 3 is 2.44 bits per heavy atom. The molecule has 2 bridgehead atoms. The van der Waals surface area contributed by atoms with Gasteiger partial charge in [0.25, 0.3) is 5.91 Å². The van der Waals surface area contributed by atoms with Gasteiger partial charge in [0.2, 0.25) is 0 Å². The first-order chi connectivity index (χ1) is 8.60. The predicted octanol–water partition coefficient (Wildman–Crippen LogP) is -0.707. The fraction of sp³-hybridized carbons (Fsp3) is 0.500. The summed E-state index contributed by atoms with van der Waals surface area (Å²) in [6.45, 7) is 4.73. The van der Waals surface area contributed by atoms with Crippen molar-refractivity contribution >= 4 is 12.6 Å². The van der Waals surface area contributed by atoms with Gasteiger partial charge < -0.3 is 21.7 Å². The second-order valence-corrected chi connectivity index (χ2v) is 4.72. The molecular weight excluding hydrogens is 230 g/mol. The number of carbonyl (C=O) groups excluding carboxylic acids is 1. The van der Waals surface area contributed by atoms with Crippen LogP contribution in [0, 0.1) is 0 Å². The van der Waals surface area contributed by atoms with Gasteiger partial charge in [0.05, 0.1) is 5.70 Å². The highest BCUT2D eigenvalue weighted by atomic mass is 16.2. The number of piperazine rings is 1. The summed E-state index contributed by atoms with van der Waals surface area (Å²) >= 11 is 0. The summed E-state index contributed by atoms with van der Waals surface area (Å²) in [5.41, 5.74) is 11.4. The highest BCUT2D eigenvalue weighted by Gasteiger charge is 2.34. The second-order valence-electron chi connectivity index (χ2n) is 4.72. The molecule has 2 unspecified atom stereocenters.